The van der Waals surface area contributed by atoms with Crippen molar-refractivity contribution in [2.24, 2.45) is 16.7 Å². The normalized spacial score (nSPS) is 40.9. The largest absolute Gasteiger partial charge is 0.313 e. The molecule has 18 heavy (non-hydrogen) atoms. The molecule has 0 heterocycles. The molecule has 2 rings (SSSR count). The Morgan fingerprint density at radius 1 is 1.39 bits per heavy atom. The molecule has 0 aromatic rings. The first kappa shape index (κ1) is 14.5. The maximum absolute atomic E-state index is 11.4. The summed E-state index contributed by atoms with van der Waals surface area (Å²) in [6.45, 7) is 10.4. The molecule has 0 spiro atoms. The highest BCUT2D eigenvalue weighted by Crippen LogP contribution is 2.62. The molecule has 3 heteroatoms. The Bertz CT molecular complexity index is 337. The molecule has 1 N–H and O–H groups in total. The standard InChI is InChI=1S/C15H29NOS/c1-11(18(5)17)7-9-16-13-14(2,3)12-6-8-15(13,4)10-12/h11-13,16H,6-10H2,1-5H3. The van der Waals surface area contributed by atoms with Crippen LogP contribution in [-0.2, 0) is 10.8 Å². The average Bonchev–Trinajstić information content (AvgIpc) is 2.73. The summed E-state index contributed by atoms with van der Waals surface area (Å²) in [6.07, 6.45) is 7.03. The summed E-state index contributed by atoms with van der Waals surface area (Å²) in [7, 11) is -0.685. The Hall–Kier alpha value is 0.110. The van der Waals surface area contributed by atoms with Crippen LogP contribution in [0.15, 0.2) is 0 Å². The summed E-state index contributed by atoms with van der Waals surface area (Å²) in [4.78, 5) is 0. The fourth-order valence-corrected chi connectivity index (χ4v) is 4.86. The number of rotatable bonds is 5. The van der Waals surface area contributed by atoms with Crippen molar-refractivity contribution in [1.29, 1.82) is 0 Å². The number of hydrogen-bond donors (Lipinski definition) is 1. The molecule has 106 valence electrons. The highest BCUT2D eigenvalue weighted by molar-refractivity contribution is 7.84. The summed E-state index contributed by atoms with van der Waals surface area (Å²) in [5, 5.41) is 4.11. The second-order valence-corrected chi connectivity index (χ2v) is 9.20. The van der Waals surface area contributed by atoms with E-state index in [0.29, 0.717) is 22.1 Å². The molecule has 0 aromatic heterocycles. The molecule has 2 nitrogen and oxygen atoms in total. The van der Waals surface area contributed by atoms with Crippen LogP contribution in [-0.4, -0.2) is 28.3 Å². The lowest BCUT2D eigenvalue weighted by atomic mass is 9.68. The molecular formula is C15H29NOS. The zero-order valence-corrected chi connectivity index (χ0v) is 13.4. The van der Waals surface area contributed by atoms with Gasteiger partial charge in [0.25, 0.3) is 0 Å². The molecule has 5 atom stereocenters. The lowest BCUT2D eigenvalue weighted by molar-refractivity contribution is 0.109. The van der Waals surface area contributed by atoms with Gasteiger partial charge in [-0.2, -0.15) is 0 Å². The summed E-state index contributed by atoms with van der Waals surface area (Å²) < 4.78 is 11.4. The molecule has 5 unspecified atom stereocenters. The first-order valence-corrected chi connectivity index (χ1v) is 8.95. The minimum atomic E-state index is -0.685. The Kier molecular flexibility index (Phi) is 3.95. The van der Waals surface area contributed by atoms with Crippen LogP contribution in [0.5, 0.6) is 0 Å². The van der Waals surface area contributed by atoms with Crippen molar-refractivity contribution >= 4 is 10.8 Å². The Morgan fingerprint density at radius 2 is 2.06 bits per heavy atom. The molecule has 0 aromatic carbocycles. The smallest absolute Gasteiger partial charge is 0.0329 e. The van der Waals surface area contributed by atoms with Gasteiger partial charge in [0, 0.05) is 28.3 Å². The van der Waals surface area contributed by atoms with E-state index in [1.165, 1.54) is 19.3 Å². The highest BCUT2D eigenvalue weighted by atomic mass is 32.2. The maximum atomic E-state index is 11.4. The third kappa shape index (κ3) is 2.40. The predicted molar refractivity (Wildman–Crippen MR) is 79.2 cm³/mol. The van der Waals surface area contributed by atoms with Crippen molar-refractivity contribution in [1.82, 2.24) is 5.32 Å². The minimum absolute atomic E-state index is 0.312. The summed E-state index contributed by atoms with van der Waals surface area (Å²) >= 11 is 0. The van der Waals surface area contributed by atoms with Crippen LogP contribution in [0.3, 0.4) is 0 Å². The minimum Gasteiger partial charge on any atom is -0.313 e. The van der Waals surface area contributed by atoms with E-state index in [4.69, 9.17) is 0 Å². The van der Waals surface area contributed by atoms with Crippen LogP contribution in [0.4, 0.5) is 0 Å². The zero-order valence-electron chi connectivity index (χ0n) is 12.6. The molecule has 0 aliphatic heterocycles. The van der Waals surface area contributed by atoms with E-state index < -0.39 is 10.8 Å². The molecule has 0 amide bonds. The molecule has 2 saturated carbocycles. The number of hydrogen-bond acceptors (Lipinski definition) is 2. The third-order valence-corrected chi connectivity index (χ3v) is 7.10. The third-order valence-electron chi connectivity index (χ3n) is 5.74. The van der Waals surface area contributed by atoms with Gasteiger partial charge in [0.05, 0.1) is 0 Å². The van der Waals surface area contributed by atoms with Gasteiger partial charge in [-0.3, -0.25) is 4.21 Å². The van der Waals surface area contributed by atoms with Crippen LogP contribution in [0.1, 0.15) is 53.4 Å². The first-order valence-electron chi connectivity index (χ1n) is 7.33. The van der Waals surface area contributed by atoms with Crippen LogP contribution in [0, 0.1) is 16.7 Å². The topological polar surface area (TPSA) is 29.1 Å². The fourth-order valence-electron chi connectivity index (χ4n) is 4.41. The van der Waals surface area contributed by atoms with Gasteiger partial charge in [0.1, 0.15) is 0 Å². The van der Waals surface area contributed by atoms with Crippen LogP contribution < -0.4 is 5.32 Å². The van der Waals surface area contributed by atoms with Crippen LogP contribution >= 0.6 is 0 Å². The van der Waals surface area contributed by atoms with Crippen molar-refractivity contribution in [3.05, 3.63) is 0 Å². The van der Waals surface area contributed by atoms with Crippen molar-refractivity contribution in [2.45, 2.75) is 64.7 Å². The van der Waals surface area contributed by atoms with E-state index >= 15 is 0 Å². The van der Waals surface area contributed by atoms with Gasteiger partial charge in [-0.05, 0) is 49.0 Å². The number of fused-ring (bicyclic) bond motifs is 2. The molecule has 0 saturated heterocycles. The first-order chi connectivity index (χ1) is 8.27. The summed E-state index contributed by atoms with van der Waals surface area (Å²) in [5.41, 5.74) is 0.935. The van der Waals surface area contributed by atoms with E-state index in [2.05, 4.69) is 33.0 Å². The molecule has 2 aliphatic rings. The van der Waals surface area contributed by atoms with E-state index in [1.54, 1.807) is 0 Å². The Balaban J connectivity index is 1.91. The Labute approximate surface area is 115 Å². The van der Waals surface area contributed by atoms with Gasteiger partial charge in [-0.15, -0.1) is 0 Å². The highest BCUT2D eigenvalue weighted by Gasteiger charge is 2.58. The van der Waals surface area contributed by atoms with Gasteiger partial charge in [-0.1, -0.05) is 27.7 Å². The molecule has 0 radical (unpaired) electrons. The number of nitrogens with one attached hydrogen (secondary N) is 1. The van der Waals surface area contributed by atoms with Gasteiger partial charge in [0.2, 0.25) is 0 Å². The van der Waals surface area contributed by atoms with Gasteiger partial charge >= 0.3 is 0 Å². The van der Waals surface area contributed by atoms with E-state index in [-0.39, 0.29) is 0 Å². The quantitative estimate of drug-likeness (QED) is 0.833. The molecule has 2 fully saturated rings. The van der Waals surface area contributed by atoms with Gasteiger partial charge < -0.3 is 5.32 Å². The lowest BCUT2D eigenvalue weighted by Crippen LogP contribution is -2.50. The van der Waals surface area contributed by atoms with Crippen molar-refractivity contribution in [3.63, 3.8) is 0 Å². The van der Waals surface area contributed by atoms with E-state index in [0.717, 1.165) is 18.9 Å². The van der Waals surface area contributed by atoms with Gasteiger partial charge in [-0.25, -0.2) is 0 Å². The maximum Gasteiger partial charge on any atom is 0.0329 e. The summed E-state index contributed by atoms with van der Waals surface area (Å²) in [6, 6.07) is 0.640. The molecule has 2 aliphatic carbocycles. The molecule has 2 bridgehead atoms. The zero-order chi connectivity index (χ0) is 13.6. The van der Waals surface area contributed by atoms with Crippen LogP contribution in [0.25, 0.3) is 0 Å². The Morgan fingerprint density at radius 3 is 2.56 bits per heavy atom. The average molecular weight is 271 g/mol. The van der Waals surface area contributed by atoms with Crippen molar-refractivity contribution in [3.8, 4) is 0 Å². The SMILES string of the molecule is CC(CCNC1C2(C)CCC(C2)C1(C)C)S(C)=O. The molecular weight excluding hydrogens is 242 g/mol. The van der Waals surface area contributed by atoms with Crippen LogP contribution in [0.2, 0.25) is 0 Å². The second-order valence-electron chi connectivity index (χ2n) is 7.40. The summed E-state index contributed by atoms with van der Waals surface area (Å²) in [5.74, 6) is 0.901. The van der Waals surface area contributed by atoms with Crippen molar-refractivity contribution < 1.29 is 4.21 Å². The second kappa shape index (κ2) is 4.90. The van der Waals surface area contributed by atoms with E-state index in [1.807, 2.05) is 6.26 Å². The lowest BCUT2D eigenvalue weighted by Gasteiger charge is -2.43. The fraction of sp³-hybridized carbons (Fsp3) is 1.00. The predicted octanol–water partition coefficient (Wildman–Crippen LogP) is 2.95. The monoisotopic (exact) mass is 271 g/mol. The van der Waals surface area contributed by atoms with Crippen molar-refractivity contribution in [2.75, 3.05) is 12.8 Å². The van der Waals surface area contributed by atoms with Gasteiger partial charge in [0.15, 0.2) is 0 Å². The van der Waals surface area contributed by atoms with E-state index in [9.17, 15) is 4.21 Å².